The molecule has 0 aromatic heterocycles. The molecule has 4 heteroatoms. The Labute approximate surface area is 100 Å². The van der Waals surface area contributed by atoms with E-state index < -0.39 is 22.6 Å². The minimum atomic E-state index is -0.825. The van der Waals surface area contributed by atoms with Crippen LogP contribution in [-0.4, -0.2) is 17.3 Å². The lowest BCUT2D eigenvalue weighted by atomic mass is 9.66. The van der Waals surface area contributed by atoms with Crippen LogP contribution in [0.15, 0.2) is 18.2 Å². The van der Waals surface area contributed by atoms with Crippen LogP contribution in [0.4, 0.5) is 8.78 Å². The van der Waals surface area contributed by atoms with Crippen LogP contribution in [0.25, 0.3) is 0 Å². The molecule has 0 aliphatic carbocycles. The minimum absolute atomic E-state index is 0.132. The molecule has 1 aromatic carbocycles. The summed E-state index contributed by atoms with van der Waals surface area (Å²) >= 11 is 0. The number of nitrogens with two attached hydrogens (primary N) is 1. The summed E-state index contributed by atoms with van der Waals surface area (Å²) in [6.07, 6.45) is 0.275. The van der Waals surface area contributed by atoms with E-state index in [-0.39, 0.29) is 18.6 Å². The first kappa shape index (κ1) is 14.1. The number of hydrogen-bond acceptors (Lipinski definition) is 2. The van der Waals surface area contributed by atoms with Gasteiger partial charge >= 0.3 is 0 Å². The molecule has 1 unspecified atom stereocenters. The summed E-state index contributed by atoms with van der Waals surface area (Å²) in [5, 5.41) is 9.11. The summed E-state index contributed by atoms with van der Waals surface area (Å²) in [5.74, 6) is -1.00. The van der Waals surface area contributed by atoms with Crippen molar-refractivity contribution >= 4 is 0 Å². The third-order valence-electron chi connectivity index (χ3n) is 3.56. The fourth-order valence-electron chi connectivity index (χ4n) is 1.95. The first-order chi connectivity index (χ1) is 7.72. The Morgan fingerprint density at radius 1 is 1.24 bits per heavy atom. The molecule has 0 spiro atoms. The highest BCUT2D eigenvalue weighted by molar-refractivity contribution is 5.31. The van der Waals surface area contributed by atoms with Crippen LogP contribution in [0.3, 0.4) is 0 Å². The Kier molecular flexibility index (Phi) is 3.89. The normalized spacial score (nSPS) is 15.7. The Balaban J connectivity index is 3.37. The Morgan fingerprint density at radius 2 is 1.82 bits per heavy atom. The van der Waals surface area contributed by atoms with E-state index in [1.807, 2.05) is 0 Å². The maximum atomic E-state index is 13.8. The zero-order valence-corrected chi connectivity index (χ0v) is 10.4. The number of hydrogen-bond donors (Lipinski definition) is 2. The van der Waals surface area contributed by atoms with E-state index in [0.717, 1.165) is 18.2 Å². The van der Waals surface area contributed by atoms with E-state index in [9.17, 15) is 8.78 Å². The second-order valence-electron chi connectivity index (χ2n) is 5.15. The van der Waals surface area contributed by atoms with Crippen molar-refractivity contribution in [3.05, 3.63) is 35.4 Å². The summed E-state index contributed by atoms with van der Waals surface area (Å²) in [6.45, 7) is 5.09. The number of aliphatic hydroxyl groups excluding tert-OH is 1. The molecule has 0 aliphatic heterocycles. The maximum Gasteiger partial charge on any atom is 0.127 e. The zero-order chi connectivity index (χ0) is 13.3. The van der Waals surface area contributed by atoms with Crippen LogP contribution >= 0.6 is 0 Å². The van der Waals surface area contributed by atoms with Crippen LogP contribution < -0.4 is 5.73 Å². The van der Waals surface area contributed by atoms with E-state index in [2.05, 4.69) is 0 Å². The van der Waals surface area contributed by atoms with Gasteiger partial charge in [0.2, 0.25) is 0 Å². The van der Waals surface area contributed by atoms with Crippen molar-refractivity contribution in [1.29, 1.82) is 0 Å². The predicted octanol–water partition coefficient (Wildman–Crippen LogP) is 2.34. The topological polar surface area (TPSA) is 46.2 Å². The van der Waals surface area contributed by atoms with Gasteiger partial charge in [-0.3, -0.25) is 0 Å². The summed E-state index contributed by atoms with van der Waals surface area (Å²) in [6, 6.07) is 3.31. The van der Waals surface area contributed by atoms with Gasteiger partial charge in [-0.25, -0.2) is 8.78 Å². The summed E-state index contributed by atoms with van der Waals surface area (Å²) in [7, 11) is 0. The van der Waals surface area contributed by atoms with Gasteiger partial charge in [0.05, 0.1) is 0 Å². The van der Waals surface area contributed by atoms with Crippen molar-refractivity contribution in [1.82, 2.24) is 0 Å². The van der Waals surface area contributed by atoms with Crippen LogP contribution in [0.5, 0.6) is 0 Å². The van der Waals surface area contributed by atoms with Crippen LogP contribution in [-0.2, 0) is 5.41 Å². The van der Waals surface area contributed by atoms with Crippen molar-refractivity contribution in [2.45, 2.75) is 38.1 Å². The van der Waals surface area contributed by atoms with Gasteiger partial charge in [0.1, 0.15) is 11.6 Å². The fourth-order valence-corrected chi connectivity index (χ4v) is 1.95. The van der Waals surface area contributed by atoms with E-state index >= 15 is 0 Å². The molecule has 0 heterocycles. The van der Waals surface area contributed by atoms with Crippen LogP contribution in [0, 0.1) is 11.6 Å². The van der Waals surface area contributed by atoms with Crippen molar-refractivity contribution in [3.63, 3.8) is 0 Å². The van der Waals surface area contributed by atoms with E-state index in [1.54, 1.807) is 20.8 Å². The van der Waals surface area contributed by atoms with Crippen molar-refractivity contribution < 1.29 is 13.9 Å². The smallest absolute Gasteiger partial charge is 0.127 e. The molecule has 0 saturated carbocycles. The molecule has 17 heavy (non-hydrogen) atoms. The fraction of sp³-hybridized carbons (Fsp3) is 0.538. The lowest BCUT2D eigenvalue weighted by Gasteiger charge is -2.42. The van der Waals surface area contributed by atoms with Crippen molar-refractivity contribution in [2.75, 3.05) is 6.61 Å². The monoisotopic (exact) mass is 243 g/mol. The first-order valence-corrected chi connectivity index (χ1v) is 5.57. The molecule has 0 bridgehead atoms. The van der Waals surface area contributed by atoms with Crippen molar-refractivity contribution in [2.24, 2.45) is 5.73 Å². The SMILES string of the molecule is CC(C)(N)C(C)(CCO)c1cc(F)ccc1F. The molecular formula is C13H19F2NO. The lowest BCUT2D eigenvalue weighted by Crippen LogP contribution is -2.53. The summed E-state index contributed by atoms with van der Waals surface area (Å²) in [5.41, 5.74) is 4.66. The van der Waals surface area contributed by atoms with Gasteiger partial charge in [0, 0.05) is 17.6 Å². The standard InChI is InChI=1S/C13H19F2NO/c1-12(2,16)13(3,6-7-17)10-8-9(14)4-5-11(10)15/h4-5,8,17H,6-7,16H2,1-3H3. The summed E-state index contributed by atoms with van der Waals surface area (Å²) in [4.78, 5) is 0. The molecule has 96 valence electrons. The average molecular weight is 243 g/mol. The van der Waals surface area contributed by atoms with Crippen molar-refractivity contribution in [3.8, 4) is 0 Å². The molecule has 1 aromatic rings. The molecule has 0 amide bonds. The number of rotatable bonds is 4. The van der Waals surface area contributed by atoms with Gasteiger partial charge in [-0.15, -0.1) is 0 Å². The van der Waals surface area contributed by atoms with Gasteiger partial charge in [-0.1, -0.05) is 6.92 Å². The average Bonchev–Trinajstić information content (AvgIpc) is 2.20. The highest BCUT2D eigenvalue weighted by atomic mass is 19.1. The second kappa shape index (κ2) is 4.70. The van der Waals surface area contributed by atoms with E-state index in [4.69, 9.17) is 10.8 Å². The van der Waals surface area contributed by atoms with Gasteiger partial charge in [-0.05, 0) is 44.0 Å². The van der Waals surface area contributed by atoms with E-state index in [1.165, 1.54) is 0 Å². The highest BCUT2D eigenvalue weighted by Crippen LogP contribution is 2.38. The second-order valence-corrected chi connectivity index (χ2v) is 5.15. The largest absolute Gasteiger partial charge is 0.396 e. The van der Waals surface area contributed by atoms with E-state index in [0.29, 0.717) is 0 Å². The quantitative estimate of drug-likeness (QED) is 0.852. The third kappa shape index (κ3) is 2.64. The Bertz CT molecular complexity index is 401. The molecule has 2 nitrogen and oxygen atoms in total. The Morgan fingerprint density at radius 3 is 2.29 bits per heavy atom. The molecule has 0 aliphatic rings. The minimum Gasteiger partial charge on any atom is -0.396 e. The predicted molar refractivity (Wildman–Crippen MR) is 63.7 cm³/mol. The van der Waals surface area contributed by atoms with Crippen LogP contribution in [0.1, 0.15) is 32.8 Å². The summed E-state index contributed by atoms with van der Waals surface area (Å²) < 4.78 is 27.1. The molecule has 1 atom stereocenters. The molecule has 3 N–H and O–H groups in total. The highest BCUT2D eigenvalue weighted by Gasteiger charge is 2.41. The maximum absolute atomic E-state index is 13.8. The molecule has 0 fully saturated rings. The van der Waals surface area contributed by atoms with Gasteiger partial charge in [0.25, 0.3) is 0 Å². The van der Waals surface area contributed by atoms with Gasteiger partial charge in [-0.2, -0.15) is 0 Å². The van der Waals surface area contributed by atoms with Gasteiger partial charge in [0.15, 0.2) is 0 Å². The molecule has 0 saturated heterocycles. The zero-order valence-electron chi connectivity index (χ0n) is 10.4. The molecule has 1 rings (SSSR count). The van der Waals surface area contributed by atoms with Crippen LogP contribution in [0.2, 0.25) is 0 Å². The third-order valence-corrected chi connectivity index (χ3v) is 3.56. The van der Waals surface area contributed by atoms with Gasteiger partial charge < -0.3 is 10.8 Å². The number of benzene rings is 1. The number of aliphatic hydroxyl groups is 1. The molecule has 0 radical (unpaired) electrons. The lowest BCUT2D eigenvalue weighted by molar-refractivity contribution is 0.186. The number of halogens is 2. The molecular weight excluding hydrogens is 224 g/mol. The first-order valence-electron chi connectivity index (χ1n) is 5.57. The Hall–Kier alpha value is -1.00.